The molecule has 4 nitrogen and oxygen atoms in total. The molecule has 0 atom stereocenters. The van der Waals surface area contributed by atoms with Gasteiger partial charge in [0.15, 0.2) is 5.58 Å². The maximum atomic E-state index is 12.9. The van der Waals surface area contributed by atoms with Gasteiger partial charge in [0.1, 0.15) is 5.82 Å². The van der Waals surface area contributed by atoms with E-state index in [9.17, 15) is 9.18 Å². The maximum absolute atomic E-state index is 12.9. The first-order chi connectivity index (χ1) is 9.61. The van der Waals surface area contributed by atoms with Gasteiger partial charge < -0.3 is 9.73 Å². The van der Waals surface area contributed by atoms with Crippen LogP contribution in [0.2, 0.25) is 5.02 Å². The second-order valence-corrected chi connectivity index (χ2v) is 4.72. The number of anilines is 1. The number of halogens is 2. The first kappa shape index (κ1) is 12.7. The van der Waals surface area contributed by atoms with Crippen molar-refractivity contribution in [2.45, 2.75) is 6.54 Å². The minimum atomic E-state index is -0.487. The Labute approximate surface area is 118 Å². The van der Waals surface area contributed by atoms with Crippen LogP contribution in [0.15, 0.2) is 45.6 Å². The fraction of sp³-hybridized carbons (Fsp3) is 0.0714. The molecule has 1 heterocycles. The van der Waals surface area contributed by atoms with Crippen molar-refractivity contribution < 1.29 is 8.81 Å². The third-order valence-electron chi connectivity index (χ3n) is 2.92. The van der Waals surface area contributed by atoms with E-state index in [4.69, 9.17) is 16.0 Å². The molecule has 0 amide bonds. The van der Waals surface area contributed by atoms with Crippen LogP contribution >= 0.6 is 11.6 Å². The summed E-state index contributed by atoms with van der Waals surface area (Å²) in [5.41, 5.74) is 2.70. The Kier molecular flexibility index (Phi) is 3.20. The third-order valence-corrected chi connectivity index (χ3v) is 3.27. The first-order valence-corrected chi connectivity index (χ1v) is 6.30. The number of oxazole rings is 1. The van der Waals surface area contributed by atoms with Crippen LogP contribution in [0.5, 0.6) is 0 Å². The standard InChI is InChI=1S/C14H10ClFN2O2/c15-11-5-9(16)2-1-8(11)7-17-10-3-4-13-12(6-10)18-14(19)20-13/h1-6,17H,7H2,(H,18,19). The number of fused-ring (bicyclic) bond motifs is 1. The second-order valence-electron chi connectivity index (χ2n) is 4.31. The number of benzene rings is 2. The van der Waals surface area contributed by atoms with Gasteiger partial charge in [0, 0.05) is 17.3 Å². The molecule has 0 aliphatic carbocycles. The Morgan fingerprint density at radius 3 is 2.90 bits per heavy atom. The summed E-state index contributed by atoms with van der Waals surface area (Å²) < 4.78 is 17.9. The average Bonchev–Trinajstić information content (AvgIpc) is 2.77. The Hall–Kier alpha value is -2.27. The second kappa shape index (κ2) is 5.02. The minimum Gasteiger partial charge on any atom is -0.408 e. The van der Waals surface area contributed by atoms with E-state index in [1.807, 2.05) is 0 Å². The van der Waals surface area contributed by atoms with Crippen molar-refractivity contribution in [3.63, 3.8) is 0 Å². The van der Waals surface area contributed by atoms with E-state index in [0.29, 0.717) is 22.7 Å². The van der Waals surface area contributed by atoms with Crippen molar-refractivity contribution in [2.75, 3.05) is 5.32 Å². The summed E-state index contributed by atoms with van der Waals surface area (Å²) in [5.74, 6) is -0.852. The number of aromatic nitrogens is 1. The Balaban J connectivity index is 1.80. The van der Waals surface area contributed by atoms with Crippen LogP contribution in [-0.4, -0.2) is 4.98 Å². The van der Waals surface area contributed by atoms with Gasteiger partial charge in [0.05, 0.1) is 5.52 Å². The molecular formula is C14H10ClFN2O2. The molecule has 6 heteroatoms. The lowest BCUT2D eigenvalue weighted by molar-refractivity contribution is 0.555. The maximum Gasteiger partial charge on any atom is 0.417 e. The van der Waals surface area contributed by atoms with Crippen molar-refractivity contribution in [3.8, 4) is 0 Å². The number of aromatic amines is 1. The van der Waals surface area contributed by atoms with E-state index < -0.39 is 5.76 Å². The number of nitrogens with one attached hydrogen (secondary N) is 2. The largest absolute Gasteiger partial charge is 0.417 e. The molecule has 0 unspecified atom stereocenters. The summed E-state index contributed by atoms with van der Waals surface area (Å²) in [7, 11) is 0. The normalized spacial score (nSPS) is 10.9. The molecule has 0 bridgehead atoms. The molecule has 0 aliphatic rings. The van der Waals surface area contributed by atoms with E-state index >= 15 is 0 Å². The van der Waals surface area contributed by atoms with Crippen molar-refractivity contribution >= 4 is 28.4 Å². The van der Waals surface area contributed by atoms with Gasteiger partial charge in [-0.25, -0.2) is 9.18 Å². The summed E-state index contributed by atoms with van der Waals surface area (Å²) in [6, 6.07) is 9.51. The average molecular weight is 293 g/mol. The van der Waals surface area contributed by atoms with Gasteiger partial charge in [-0.05, 0) is 35.9 Å². The van der Waals surface area contributed by atoms with Crippen LogP contribution in [0.25, 0.3) is 11.1 Å². The molecule has 102 valence electrons. The molecule has 0 saturated carbocycles. The molecule has 2 N–H and O–H groups in total. The molecule has 1 aromatic heterocycles. The lowest BCUT2D eigenvalue weighted by atomic mass is 10.2. The van der Waals surface area contributed by atoms with Gasteiger partial charge in [0.25, 0.3) is 0 Å². The fourth-order valence-electron chi connectivity index (χ4n) is 1.92. The van der Waals surface area contributed by atoms with E-state index in [1.54, 1.807) is 24.3 Å². The highest BCUT2D eigenvalue weighted by Gasteiger charge is 2.04. The highest BCUT2D eigenvalue weighted by molar-refractivity contribution is 6.31. The fourth-order valence-corrected chi connectivity index (χ4v) is 2.16. The predicted molar refractivity (Wildman–Crippen MR) is 75.6 cm³/mol. The number of H-pyrrole nitrogens is 1. The number of hydrogen-bond acceptors (Lipinski definition) is 3. The molecular weight excluding hydrogens is 283 g/mol. The first-order valence-electron chi connectivity index (χ1n) is 5.92. The van der Waals surface area contributed by atoms with Crippen molar-refractivity contribution in [3.05, 3.63) is 63.4 Å². The van der Waals surface area contributed by atoms with Gasteiger partial charge in [-0.2, -0.15) is 0 Å². The van der Waals surface area contributed by atoms with Crippen molar-refractivity contribution in [1.29, 1.82) is 0 Å². The van der Waals surface area contributed by atoms with E-state index in [1.165, 1.54) is 12.1 Å². The number of rotatable bonds is 3. The molecule has 0 fully saturated rings. The van der Waals surface area contributed by atoms with Gasteiger partial charge in [-0.3, -0.25) is 4.98 Å². The lowest BCUT2D eigenvalue weighted by Gasteiger charge is -2.08. The predicted octanol–water partition coefficient (Wildman–Crippen LogP) is 3.53. The van der Waals surface area contributed by atoms with Gasteiger partial charge >= 0.3 is 5.76 Å². The summed E-state index contributed by atoms with van der Waals surface area (Å²) in [6.07, 6.45) is 0. The highest BCUT2D eigenvalue weighted by atomic mass is 35.5. The highest BCUT2D eigenvalue weighted by Crippen LogP contribution is 2.20. The van der Waals surface area contributed by atoms with E-state index in [0.717, 1.165) is 11.3 Å². The lowest BCUT2D eigenvalue weighted by Crippen LogP contribution is -2.00. The summed E-state index contributed by atoms with van der Waals surface area (Å²) in [4.78, 5) is 13.6. The molecule has 0 radical (unpaired) electrons. The summed E-state index contributed by atoms with van der Waals surface area (Å²) >= 11 is 5.95. The summed E-state index contributed by atoms with van der Waals surface area (Å²) in [6.45, 7) is 0.451. The third kappa shape index (κ3) is 2.53. The molecule has 2 aromatic carbocycles. The Morgan fingerprint density at radius 2 is 2.10 bits per heavy atom. The van der Waals surface area contributed by atoms with Gasteiger partial charge in [-0.1, -0.05) is 17.7 Å². The quantitative estimate of drug-likeness (QED) is 0.776. The molecule has 0 saturated heterocycles. The zero-order valence-electron chi connectivity index (χ0n) is 10.2. The van der Waals surface area contributed by atoms with Crippen molar-refractivity contribution in [1.82, 2.24) is 4.98 Å². The number of hydrogen-bond donors (Lipinski definition) is 2. The SMILES string of the molecule is O=c1[nH]c2cc(NCc3ccc(F)cc3Cl)ccc2o1. The molecule has 0 spiro atoms. The van der Waals surface area contributed by atoms with Crippen LogP contribution in [0.4, 0.5) is 10.1 Å². The van der Waals surface area contributed by atoms with Crippen LogP contribution in [0.3, 0.4) is 0 Å². The Bertz CT molecular complexity index is 825. The van der Waals surface area contributed by atoms with Crippen LogP contribution in [-0.2, 0) is 6.54 Å². The monoisotopic (exact) mass is 292 g/mol. The smallest absolute Gasteiger partial charge is 0.408 e. The van der Waals surface area contributed by atoms with Gasteiger partial charge in [0.2, 0.25) is 0 Å². The minimum absolute atomic E-state index is 0.365. The molecule has 0 aliphatic heterocycles. The Morgan fingerprint density at radius 1 is 1.25 bits per heavy atom. The zero-order chi connectivity index (χ0) is 14.1. The topological polar surface area (TPSA) is 58.0 Å². The molecule has 3 rings (SSSR count). The van der Waals surface area contributed by atoms with Crippen molar-refractivity contribution in [2.24, 2.45) is 0 Å². The van der Waals surface area contributed by atoms with Crippen LogP contribution < -0.4 is 11.1 Å². The van der Waals surface area contributed by atoms with Crippen LogP contribution in [0, 0.1) is 5.82 Å². The molecule has 3 aromatic rings. The van der Waals surface area contributed by atoms with Gasteiger partial charge in [-0.15, -0.1) is 0 Å². The molecule has 20 heavy (non-hydrogen) atoms. The van der Waals surface area contributed by atoms with Crippen LogP contribution in [0.1, 0.15) is 5.56 Å². The summed E-state index contributed by atoms with van der Waals surface area (Å²) in [5, 5.41) is 3.52. The van der Waals surface area contributed by atoms with E-state index in [2.05, 4.69) is 10.3 Å². The van der Waals surface area contributed by atoms with E-state index in [-0.39, 0.29) is 5.82 Å². The zero-order valence-corrected chi connectivity index (χ0v) is 11.0.